The van der Waals surface area contributed by atoms with E-state index in [4.69, 9.17) is 10.5 Å². The lowest BCUT2D eigenvalue weighted by atomic mass is 10.2. The van der Waals surface area contributed by atoms with E-state index in [0.29, 0.717) is 24.5 Å². The third kappa shape index (κ3) is 3.63. The summed E-state index contributed by atoms with van der Waals surface area (Å²) in [6.45, 7) is 2.82. The molecule has 2 rings (SSSR count). The van der Waals surface area contributed by atoms with Crippen LogP contribution in [-0.2, 0) is 6.54 Å². The Morgan fingerprint density at radius 2 is 2.10 bits per heavy atom. The van der Waals surface area contributed by atoms with E-state index in [0.717, 1.165) is 10.0 Å². The molecule has 0 bridgehead atoms. The molecule has 5 heteroatoms. The van der Waals surface area contributed by atoms with E-state index in [-0.39, 0.29) is 5.75 Å². The molecule has 2 aromatic rings. The molecule has 106 valence electrons. The zero-order valence-corrected chi connectivity index (χ0v) is 12.7. The summed E-state index contributed by atoms with van der Waals surface area (Å²) in [5, 5.41) is 3.19. The summed E-state index contributed by atoms with van der Waals surface area (Å²) in [5.41, 5.74) is 7.94. The van der Waals surface area contributed by atoms with Crippen molar-refractivity contribution in [1.82, 2.24) is 0 Å². The zero-order chi connectivity index (χ0) is 14.5. The monoisotopic (exact) mass is 338 g/mol. The minimum atomic E-state index is -0.447. The van der Waals surface area contributed by atoms with Gasteiger partial charge in [-0.3, -0.25) is 0 Å². The maximum atomic E-state index is 13.6. The van der Waals surface area contributed by atoms with Crippen LogP contribution >= 0.6 is 15.9 Å². The molecular formula is C15H16BrFN2O. The van der Waals surface area contributed by atoms with Gasteiger partial charge in [-0.15, -0.1) is 0 Å². The molecule has 0 fully saturated rings. The Hall–Kier alpha value is -1.75. The molecule has 0 unspecified atom stereocenters. The van der Waals surface area contributed by atoms with Crippen molar-refractivity contribution >= 4 is 27.3 Å². The lowest BCUT2D eigenvalue weighted by Gasteiger charge is -2.13. The molecule has 0 atom stereocenters. The van der Waals surface area contributed by atoms with Gasteiger partial charge in [-0.05, 0) is 24.6 Å². The minimum Gasteiger partial charge on any atom is -0.491 e. The van der Waals surface area contributed by atoms with E-state index in [9.17, 15) is 4.39 Å². The maximum Gasteiger partial charge on any atom is 0.167 e. The molecule has 0 radical (unpaired) electrons. The highest BCUT2D eigenvalue weighted by Crippen LogP contribution is 2.28. The second kappa shape index (κ2) is 6.61. The SMILES string of the molecule is CCOc1cc(NCc2cccc(Br)c2)c(N)cc1F. The van der Waals surface area contributed by atoms with Gasteiger partial charge in [-0.25, -0.2) is 4.39 Å². The van der Waals surface area contributed by atoms with Crippen LogP contribution < -0.4 is 15.8 Å². The number of hydrogen-bond donors (Lipinski definition) is 2. The highest BCUT2D eigenvalue weighted by molar-refractivity contribution is 9.10. The first-order valence-corrected chi connectivity index (χ1v) is 7.09. The normalized spacial score (nSPS) is 10.3. The quantitative estimate of drug-likeness (QED) is 0.804. The Balaban J connectivity index is 2.14. The van der Waals surface area contributed by atoms with Crippen molar-refractivity contribution in [2.75, 3.05) is 17.7 Å². The topological polar surface area (TPSA) is 47.3 Å². The van der Waals surface area contributed by atoms with Crippen LogP contribution in [-0.4, -0.2) is 6.61 Å². The number of rotatable bonds is 5. The summed E-state index contributed by atoms with van der Waals surface area (Å²) < 4.78 is 19.8. The summed E-state index contributed by atoms with van der Waals surface area (Å²) in [5.74, 6) is -0.240. The average molecular weight is 339 g/mol. The van der Waals surface area contributed by atoms with Gasteiger partial charge in [0, 0.05) is 23.2 Å². The first-order chi connectivity index (χ1) is 9.60. The van der Waals surface area contributed by atoms with Crippen molar-refractivity contribution in [1.29, 1.82) is 0 Å². The van der Waals surface area contributed by atoms with Crippen LogP contribution in [0.3, 0.4) is 0 Å². The fourth-order valence-electron chi connectivity index (χ4n) is 1.83. The predicted molar refractivity (Wildman–Crippen MR) is 83.5 cm³/mol. The molecule has 2 aromatic carbocycles. The van der Waals surface area contributed by atoms with Crippen molar-refractivity contribution < 1.29 is 9.13 Å². The molecule has 0 saturated heterocycles. The summed E-state index contributed by atoms with van der Waals surface area (Å²) in [6.07, 6.45) is 0. The number of nitrogens with one attached hydrogen (secondary N) is 1. The number of nitrogens with two attached hydrogens (primary N) is 1. The molecule has 0 aliphatic carbocycles. The van der Waals surface area contributed by atoms with Gasteiger partial charge in [0.15, 0.2) is 11.6 Å². The molecule has 0 saturated carbocycles. The molecule has 0 aliphatic heterocycles. The van der Waals surface area contributed by atoms with Gasteiger partial charge in [-0.2, -0.15) is 0 Å². The van der Waals surface area contributed by atoms with E-state index < -0.39 is 5.82 Å². The van der Waals surface area contributed by atoms with Crippen LogP contribution in [0.15, 0.2) is 40.9 Å². The number of hydrogen-bond acceptors (Lipinski definition) is 3. The van der Waals surface area contributed by atoms with Gasteiger partial charge in [0.1, 0.15) is 0 Å². The molecular weight excluding hydrogens is 323 g/mol. The Kier molecular flexibility index (Phi) is 4.84. The minimum absolute atomic E-state index is 0.207. The largest absolute Gasteiger partial charge is 0.491 e. The van der Waals surface area contributed by atoms with Crippen LogP contribution in [0.25, 0.3) is 0 Å². The number of nitrogen functional groups attached to an aromatic ring is 1. The molecule has 0 heterocycles. The van der Waals surface area contributed by atoms with E-state index in [2.05, 4.69) is 21.2 Å². The Labute approximate surface area is 126 Å². The standard InChI is InChI=1S/C15H16BrFN2O/c1-2-20-15-8-14(13(18)7-12(15)17)19-9-10-4-3-5-11(16)6-10/h3-8,19H,2,9,18H2,1H3. The fourth-order valence-corrected chi connectivity index (χ4v) is 2.28. The predicted octanol–water partition coefficient (Wildman–Crippen LogP) is 4.18. The lowest BCUT2D eigenvalue weighted by molar-refractivity contribution is 0.322. The van der Waals surface area contributed by atoms with E-state index in [1.807, 2.05) is 31.2 Å². The van der Waals surface area contributed by atoms with Crippen LogP contribution in [0.2, 0.25) is 0 Å². The van der Waals surface area contributed by atoms with Gasteiger partial charge in [-0.1, -0.05) is 28.1 Å². The molecule has 0 aliphatic rings. The molecule has 0 aromatic heterocycles. The van der Waals surface area contributed by atoms with Gasteiger partial charge in [0.05, 0.1) is 18.0 Å². The van der Waals surface area contributed by atoms with Crippen LogP contribution in [0.1, 0.15) is 12.5 Å². The van der Waals surface area contributed by atoms with E-state index >= 15 is 0 Å². The number of benzene rings is 2. The summed E-state index contributed by atoms with van der Waals surface area (Å²) >= 11 is 3.42. The van der Waals surface area contributed by atoms with Crippen LogP contribution in [0.4, 0.5) is 15.8 Å². The van der Waals surface area contributed by atoms with E-state index in [1.54, 1.807) is 6.07 Å². The zero-order valence-electron chi connectivity index (χ0n) is 11.1. The molecule has 0 spiro atoms. The van der Waals surface area contributed by atoms with Gasteiger partial charge >= 0.3 is 0 Å². The van der Waals surface area contributed by atoms with Crippen molar-refractivity contribution in [2.45, 2.75) is 13.5 Å². The highest BCUT2D eigenvalue weighted by atomic mass is 79.9. The van der Waals surface area contributed by atoms with Crippen molar-refractivity contribution in [2.24, 2.45) is 0 Å². The molecule has 3 nitrogen and oxygen atoms in total. The van der Waals surface area contributed by atoms with Crippen LogP contribution in [0, 0.1) is 5.82 Å². The summed E-state index contributed by atoms with van der Waals surface area (Å²) in [7, 11) is 0. The van der Waals surface area contributed by atoms with Gasteiger partial charge in [0.25, 0.3) is 0 Å². The highest BCUT2D eigenvalue weighted by Gasteiger charge is 2.08. The van der Waals surface area contributed by atoms with Gasteiger partial charge < -0.3 is 15.8 Å². The Morgan fingerprint density at radius 3 is 2.80 bits per heavy atom. The molecule has 3 N–H and O–H groups in total. The smallest absolute Gasteiger partial charge is 0.167 e. The third-order valence-corrected chi connectivity index (χ3v) is 3.27. The second-order valence-electron chi connectivity index (χ2n) is 4.29. The molecule has 20 heavy (non-hydrogen) atoms. The van der Waals surface area contributed by atoms with Gasteiger partial charge in [0.2, 0.25) is 0 Å². The molecule has 0 amide bonds. The maximum absolute atomic E-state index is 13.6. The second-order valence-corrected chi connectivity index (χ2v) is 5.20. The number of anilines is 2. The van der Waals surface area contributed by atoms with Crippen LogP contribution in [0.5, 0.6) is 5.75 Å². The Bertz CT molecular complexity index is 604. The average Bonchev–Trinajstić information content (AvgIpc) is 2.41. The summed E-state index contributed by atoms with van der Waals surface area (Å²) in [6, 6.07) is 10.8. The Morgan fingerprint density at radius 1 is 1.30 bits per heavy atom. The first-order valence-electron chi connectivity index (χ1n) is 6.30. The fraction of sp³-hybridized carbons (Fsp3) is 0.200. The summed E-state index contributed by atoms with van der Waals surface area (Å²) in [4.78, 5) is 0. The third-order valence-electron chi connectivity index (χ3n) is 2.78. The number of halogens is 2. The van der Waals surface area contributed by atoms with Crippen molar-refractivity contribution in [3.63, 3.8) is 0 Å². The van der Waals surface area contributed by atoms with E-state index in [1.165, 1.54) is 6.07 Å². The lowest BCUT2D eigenvalue weighted by Crippen LogP contribution is -2.04. The number of ether oxygens (including phenoxy) is 1. The van der Waals surface area contributed by atoms with Crippen molar-refractivity contribution in [3.05, 3.63) is 52.3 Å². The first kappa shape index (κ1) is 14.7. The van der Waals surface area contributed by atoms with Crippen molar-refractivity contribution in [3.8, 4) is 5.75 Å².